The van der Waals surface area contributed by atoms with Gasteiger partial charge in [-0.3, -0.25) is 4.79 Å². The molecule has 0 fully saturated rings. The van der Waals surface area contributed by atoms with E-state index in [-0.39, 0.29) is 23.3 Å². The molecule has 1 amide bonds. The molecule has 0 bridgehead atoms. The number of carbonyl (C=O) groups excluding carboxylic acids is 1. The highest BCUT2D eigenvalue weighted by Gasteiger charge is 2.28. The monoisotopic (exact) mass is 252 g/mol. The van der Waals surface area contributed by atoms with Crippen molar-refractivity contribution in [3.63, 3.8) is 0 Å². The van der Waals surface area contributed by atoms with Gasteiger partial charge in [0.2, 0.25) is 5.91 Å². The summed E-state index contributed by atoms with van der Waals surface area (Å²) in [6.07, 6.45) is 4.12. The number of hydrogen-bond donors (Lipinski definition) is 1. The molecule has 0 saturated heterocycles. The van der Waals surface area contributed by atoms with Crippen LogP contribution in [0.25, 0.3) is 0 Å². The zero-order chi connectivity index (χ0) is 13.9. The number of rotatable bonds is 3. The van der Waals surface area contributed by atoms with Crippen LogP contribution in [-0.2, 0) is 4.79 Å². The van der Waals surface area contributed by atoms with Gasteiger partial charge in [0.05, 0.1) is 6.04 Å². The minimum Gasteiger partial charge on any atom is -0.337 e. The van der Waals surface area contributed by atoms with Gasteiger partial charge in [0.1, 0.15) is 0 Å². The van der Waals surface area contributed by atoms with Crippen LogP contribution in [0.15, 0.2) is 11.6 Å². The third kappa shape index (κ3) is 3.58. The van der Waals surface area contributed by atoms with Crippen LogP contribution in [0, 0.1) is 11.3 Å². The Bertz CT molecular complexity index is 328. The SMILES string of the molecule is CCC(C)[C@H](N)C(=O)N1CC=C(C(C)(C)C)CC1. The molecule has 104 valence electrons. The molecule has 1 rings (SSSR count). The largest absolute Gasteiger partial charge is 0.337 e. The smallest absolute Gasteiger partial charge is 0.240 e. The average Bonchev–Trinajstić information content (AvgIpc) is 2.35. The number of nitrogens with zero attached hydrogens (tertiary/aromatic N) is 1. The first kappa shape index (κ1) is 15.2. The van der Waals surface area contributed by atoms with Gasteiger partial charge in [-0.15, -0.1) is 0 Å². The molecule has 1 heterocycles. The van der Waals surface area contributed by atoms with Crippen molar-refractivity contribution in [3.8, 4) is 0 Å². The number of nitrogens with two attached hydrogens (primary N) is 1. The van der Waals surface area contributed by atoms with Crippen molar-refractivity contribution in [1.29, 1.82) is 0 Å². The van der Waals surface area contributed by atoms with E-state index in [0.717, 1.165) is 25.9 Å². The molecule has 18 heavy (non-hydrogen) atoms. The summed E-state index contributed by atoms with van der Waals surface area (Å²) in [5.41, 5.74) is 7.67. The van der Waals surface area contributed by atoms with E-state index in [0.29, 0.717) is 0 Å². The molecule has 2 atom stereocenters. The van der Waals surface area contributed by atoms with Crippen molar-refractivity contribution in [2.45, 2.75) is 53.5 Å². The van der Waals surface area contributed by atoms with Gasteiger partial charge in [-0.25, -0.2) is 0 Å². The fourth-order valence-electron chi connectivity index (χ4n) is 2.26. The van der Waals surface area contributed by atoms with Gasteiger partial charge in [-0.2, -0.15) is 0 Å². The highest BCUT2D eigenvalue weighted by Crippen LogP contribution is 2.30. The lowest BCUT2D eigenvalue weighted by Crippen LogP contribution is -2.48. The standard InChI is InChI=1S/C15H28N2O/c1-6-11(2)13(16)14(18)17-9-7-12(8-10-17)15(3,4)5/h7,11,13H,6,8-10,16H2,1-5H3/t11?,13-/m0/s1. The van der Waals surface area contributed by atoms with Gasteiger partial charge < -0.3 is 10.6 Å². The van der Waals surface area contributed by atoms with Gasteiger partial charge >= 0.3 is 0 Å². The van der Waals surface area contributed by atoms with Crippen LogP contribution in [0.2, 0.25) is 0 Å². The van der Waals surface area contributed by atoms with Gasteiger partial charge in [0.25, 0.3) is 0 Å². The Morgan fingerprint density at radius 3 is 2.50 bits per heavy atom. The van der Waals surface area contributed by atoms with Crippen LogP contribution in [-0.4, -0.2) is 29.9 Å². The third-order valence-electron chi connectivity index (χ3n) is 4.03. The maximum atomic E-state index is 12.2. The zero-order valence-electron chi connectivity index (χ0n) is 12.5. The summed E-state index contributed by atoms with van der Waals surface area (Å²) in [5.74, 6) is 0.360. The first-order chi connectivity index (χ1) is 8.27. The fraction of sp³-hybridized carbons (Fsp3) is 0.800. The van der Waals surface area contributed by atoms with Crippen molar-refractivity contribution in [1.82, 2.24) is 4.90 Å². The topological polar surface area (TPSA) is 46.3 Å². The van der Waals surface area contributed by atoms with Crippen LogP contribution in [0.1, 0.15) is 47.5 Å². The predicted molar refractivity (Wildman–Crippen MR) is 76.2 cm³/mol. The average molecular weight is 252 g/mol. The third-order valence-corrected chi connectivity index (χ3v) is 4.03. The van der Waals surface area contributed by atoms with Crippen molar-refractivity contribution in [3.05, 3.63) is 11.6 Å². The number of amides is 1. The molecule has 3 heteroatoms. The Kier molecular flexibility index (Phi) is 4.97. The van der Waals surface area contributed by atoms with Crippen molar-refractivity contribution in [2.75, 3.05) is 13.1 Å². The molecule has 1 aliphatic heterocycles. The molecule has 1 unspecified atom stereocenters. The summed E-state index contributed by atoms with van der Waals surface area (Å²) >= 11 is 0. The Balaban J connectivity index is 2.63. The molecular weight excluding hydrogens is 224 g/mol. The lowest BCUT2D eigenvalue weighted by molar-refractivity contribution is -0.133. The summed E-state index contributed by atoms with van der Waals surface area (Å²) < 4.78 is 0. The van der Waals surface area contributed by atoms with Gasteiger partial charge in [-0.05, 0) is 17.8 Å². The summed E-state index contributed by atoms with van der Waals surface area (Å²) in [6, 6.07) is -0.348. The summed E-state index contributed by atoms with van der Waals surface area (Å²) in [7, 11) is 0. The van der Waals surface area contributed by atoms with E-state index < -0.39 is 0 Å². The molecule has 1 aliphatic rings. The molecular formula is C15H28N2O. The van der Waals surface area contributed by atoms with E-state index in [2.05, 4.69) is 33.8 Å². The lowest BCUT2D eigenvalue weighted by Gasteiger charge is -2.34. The summed E-state index contributed by atoms with van der Waals surface area (Å²) in [4.78, 5) is 14.1. The van der Waals surface area contributed by atoms with E-state index >= 15 is 0 Å². The van der Waals surface area contributed by atoms with Crippen molar-refractivity contribution >= 4 is 5.91 Å². The maximum absolute atomic E-state index is 12.2. The van der Waals surface area contributed by atoms with Gasteiger partial charge in [-0.1, -0.05) is 52.7 Å². The van der Waals surface area contributed by atoms with Crippen molar-refractivity contribution < 1.29 is 4.79 Å². The lowest BCUT2D eigenvalue weighted by atomic mass is 9.83. The van der Waals surface area contributed by atoms with Crippen LogP contribution < -0.4 is 5.73 Å². The second-order valence-electron chi connectivity index (χ2n) is 6.42. The second kappa shape index (κ2) is 5.87. The normalized spacial score (nSPS) is 20.3. The van der Waals surface area contributed by atoms with Gasteiger partial charge in [0, 0.05) is 13.1 Å². The summed E-state index contributed by atoms with van der Waals surface area (Å²) in [6.45, 7) is 12.3. The molecule has 0 spiro atoms. The Morgan fingerprint density at radius 1 is 1.50 bits per heavy atom. The number of hydrogen-bond acceptors (Lipinski definition) is 2. The van der Waals surface area contributed by atoms with Crippen LogP contribution in [0.3, 0.4) is 0 Å². The first-order valence-corrected chi connectivity index (χ1v) is 7.01. The van der Waals surface area contributed by atoms with Crippen molar-refractivity contribution in [2.24, 2.45) is 17.1 Å². The molecule has 0 aromatic carbocycles. The summed E-state index contributed by atoms with van der Waals surface area (Å²) in [5, 5.41) is 0. The first-order valence-electron chi connectivity index (χ1n) is 7.01. The molecule has 0 aliphatic carbocycles. The number of carbonyl (C=O) groups is 1. The van der Waals surface area contributed by atoms with E-state index in [4.69, 9.17) is 5.73 Å². The highest BCUT2D eigenvalue weighted by atomic mass is 16.2. The molecule has 0 aromatic heterocycles. The van der Waals surface area contributed by atoms with E-state index in [1.54, 1.807) is 0 Å². The van der Waals surface area contributed by atoms with E-state index in [1.165, 1.54) is 5.57 Å². The quantitative estimate of drug-likeness (QED) is 0.785. The Labute approximate surface area is 111 Å². The van der Waals surface area contributed by atoms with Crippen LogP contribution in [0.5, 0.6) is 0 Å². The van der Waals surface area contributed by atoms with E-state index in [9.17, 15) is 4.79 Å². The predicted octanol–water partition coefficient (Wildman–Crippen LogP) is 2.56. The molecule has 0 aromatic rings. The van der Waals surface area contributed by atoms with Crippen LogP contribution >= 0.6 is 0 Å². The van der Waals surface area contributed by atoms with Crippen LogP contribution in [0.4, 0.5) is 0 Å². The molecule has 0 saturated carbocycles. The fourth-order valence-corrected chi connectivity index (χ4v) is 2.26. The maximum Gasteiger partial charge on any atom is 0.240 e. The van der Waals surface area contributed by atoms with E-state index in [1.807, 2.05) is 11.8 Å². The molecule has 2 N–H and O–H groups in total. The zero-order valence-corrected chi connectivity index (χ0v) is 12.5. The molecule has 0 radical (unpaired) electrons. The highest BCUT2D eigenvalue weighted by molar-refractivity contribution is 5.82. The minimum atomic E-state index is -0.348. The Morgan fingerprint density at radius 2 is 2.11 bits per heavy atom. The van der Waals surface area contributed by atoms with Gasteiger partial charge in [0.15, 0.2) is 0 Å². The molecule has 3 nitrogen and oxygen atoms in total. The second-order valence-corrected chi connectivity index (χ2v) is 6.42. The Hall–Kier alpha value is -0.830. The minimum absolute atomic E-state index is 0.105.